The van der Waals surface area contributed by atoms with Gasteiger partial charge in [0.2, 0.25) is 5.91 Å². The maximum absolute atomic E-state index is 11.6. The van der Waals surface area contributed by atoms with E-state index in [0.29, 0.717) is 36.4 Å². The molecule has 0 saturated carbocycles. The quantitative estimate of drug-likeness (QED) is 0.796. The molecule has 5 heteroatoms. The van der Waals surface area contributed by atoms with Crippen molar-refractivity contribution in [1.29, 1.82) is 0 Å². The lowest BCUT2D eigenvalue weighted by atomic mass is 10.2. The number of amides is 1. The van der Waals surface area contributed by atoms with Crippen LogP contribution < -0.4 is 5.32 Å². The third kappa shape index (κ3) is 3.07. The number of aryl methyl sites for hydroxylation is 1. The number of rotatable bonds is 5. The molecule has 1 amide bonds. The molecular weight excluding hydrogens is 232 g/mol. The van der Waals surface area contributed by atoms with Crippen LogP contribution in [0.4, 0.5) is 5.69 Å². The Hall–Kier alpha value is -1.88. The van der Waals surface area contributed by atoms with Crippen LogP contribution in [0.15, 0.2) is 22.6 Å². The van der Waals surface area contributed by atoms with Crippen LogP contribution in [-0.4, -0.2) is 22.6 Å². The Kier molecular flexibility index (Phi) is 3.94. The van der Waals surface area contributed by atoms with E-state index >= 15 is 0 Å². The van der Waals surface area contributed by atoms with Crippen molar-refractivity contribution in [3.63, 3.8) is 0 Å². The molecule has 96 valence electrons. The monoisotopic (exact) mass is 248 g/mol. The summed E-state index contributed by atoms with van der Waals surface area (Å²) in [7, 11) is 0. The third-order valence-corrected chi connectivity index (χ3v) is 2.59. The van der Waals surface area contributed by atoms with E-state index in [-0.39, 0.29) is 12.5 Å². The SMILES string of the molecule is Cc1nc2cc(NC(=O)CCCCO)ccc2o1. The first-order valence-electron chi connectivity index (χ1n) is 5.97. The zero-order valence-corrected chi connectivity index (χ0v) is 10.3. The number of hydrogen-bond donors (Lipinski definition) is 2. The van der Waals surface area contributed by atoms with Crippen LogP contribution in [0.2, 0.25) is 0 Å². The van der Waals surface area contributed by atoms with E-state index in [4.69, 9.17) is 9.52 Å². The van der Waals surface area contributed by atoms with Crippen molar-refractivity contribution in [2.75, 3.05) is 11.9 Å². The zero-order valence-electron chi connectivity index (χ0n) is 10.3. The highest BCUT2D eigenvalue weighted by molar-refractivity contribution is 5.92. The number of carbonyl (C=O) groups is 1. The Balaban J connectivity index is 2.00. The summed E-state index contributed by atoms with van der Waals surface area (Å²) >= 11 is 0. The lowest BCUT2D eigenvalue weighted by molar-refractivity contribution is -0.116. The van der Waals surface area contributed by atoms with Crippen molar-refractivity contribution in [2.45, 2.75) is 26.2 Å². The summed E-state index contributed by atoms with van der Waals surface area (Å²) in [6, 6.07) is 5.37. The number of carbonyl (C=O) groups excluding carboxylic acids is 1. The van der Waals surface area contributed by atoms with Crippen LogP contribution in [0.3, 0.4) is 0 Å². The van der Waals surface area contributed by atoms with E-state index in [1.807, 2.05) is 0 Å². The van der Waals surface area contributed by atoms with Crippen LogP contribution in [0.1, 0.15) is 25.2 Å². The molecule has 5 nitrogen and oxygen atoms in total. The fourth-order valence-corrected chi connectivity index (χ4v) is 1.74. The number of aliphatic hydroxyl groups is 1. The number of oxazole rings is 1. The molecule has 0 unspecified atom stereocenters. The van der Waals surface area contributed by atoms with Crippen molar-refractivity contribution in [3.8, 4) is 0 Å². The van der Waals surface area contributed by atoms with Crippen LogP contribution in [0.5, 0.6) is 0 Å². The van der Waals surface area contributed by atoms with Gasteiger partial charge in [-0.2, -0.15) is 0 Å². The molecule has 0 saturated heterocycles. The molecule has 0 aliphatic carbocycles. The van der Waals surface area contributed by atoms with Crippen LogP contribution in [0.25, 0.3) is 11.1 Å². The van der Waals surface area contributed by atoms with E-state index in [0.717, 1.165) is 5.52 Å². The zero-order chi connectivity index (χ0) is 13.0. The molecule has 0 atom stereocenters. The van der Waals surface area contributed by atoms with Crippen molar-refractivity contribution in [3.05, 3.63) is 24.1 Å². The second kappa shape index (κ2) is 5.64. The molecule has 2 N–H and O–H groups in total. The highest BCUT2D eigenvalue weighted by Gasteiger charge is 2.06. The summed E-state index contributed by atoms with van der Waals surface area (Å²) in [5, 5.41) is 11.4. The van der Waals surface area contributed by atoms with Crippen molar-refractivity contribution >= 4 is 22.7 Å². The summed E-state index contributed by atoms with van der Waals surface area (Å²) in [5.74, 6) is 0.555. The van der Waals surface area contributed by atoms with Gasteiger partial charge in [-0.3, -0.25) is 4.79 Å². The third-order valence-electron chi connectivity index (χ3n) is 2.59. The van der Waals surface area contributed by atoms with Gasteiger partial charge in [-0.1, -0.05) is 0 Å². The van der Waals surface area contributed by atoms with Crippen molar-refractivity contribution in [1.82, 2.24) is 4.98 Å². The number of anilines is 1. The lowest BCUT2D eigenvalue weighted by Gasteiger charge is -2.04. The van der Waals surface area contributed by atoms with Gasteiger partial charge in [0.05, 0.1) is 0 Å². The molecule has 1 aromatic heterocycles. The number of nitrogens with zero attached hydrogens (tertiary/aromatic N) is 1. The highest BCUT2D eigenvalue weighted by Crippen LogP contribution is 2.19. The average Bonchev–Trinajstić information content (AvgIpc) is 2.69. The summed E-state index contributed by atoms with van der Waals surface area (Å²) < 4.78 is 5.36. The van der Waals surface area contributed by atoms with Gasteiger partial charge >= 0.3 is 0 Å². The van der Waals surface area contributed by atoms with E-state index in [2.05, 4.69) is 10.3 Å². The fourth-order valence-electron chi connectivity index (χ4n) is 1.74. The van der Waals surface area contributed by atoms with Crippen LogP contribution in [-0.2, 0) is 4.79 Å². The number of aliphatic hydroxyl groups excluding tert-OH is 1. The van der Waals surface area contributed by atoms with Crippen LogP contribution >= 0.6 is 0 Å². The maximum atomic E-state index is 11.6. The van der Waals surface area contributed by atoms with Gasteiger partial charge in [0.1, 0.15) is 5.52 Å². The van der Waals surface area contributed by atoms with Gasteiger partial charge < -0.3 is 14.8 Å². The lowest BCUT2D eigenvalue weighted by Crippen LogP contribution is -2.11. The molecule has 0 spiro atoms. The molecule has 0 radical (unpaired) electrons. The Bertz CT molecular complexity index is 548. The van der Waals surface area contributed by atoms with E-state index < -0.39 is 0 Å². The van der Waals surface area contributed by atoms with E-state index in [1.165, 1.54) is 0 Å². The minimum atomic E-state index is -0.0528. The maximum Gasteiger partial charge on any atom is 0.224 e. The number of fused-ring (bicyclic) bond motifs is 1. The molecule has 0 aliphatic heterocycles. The van der Waals surface area contributed by atoms with Gasteiger partial charge in [0, 0.05) is 25.6 Å². The number of benzene rings is 1. The van der Waals surface area contributed by atoms with E-state index in [9.17, 15) is 4.79 Å². The number of nitrogens with one attached hydrogen (secondary N) is 1. The first-order chi connectivity index (χ1) is 8.69. The van der Waals surface area contributed by atoms with Gasteiger partial charge in [-0.05, 0) is 31.0 Å². The average molecular weight is 248 g/mol. The molecule has 0 aliphatic rings. The van der Waals surface area contributed by atoms with Crippen LogP contribution in [0, 0.1) is 6.92 Å². The van der Waals surface area contributed by atoms with Crippen molar-refractivity contribution in [2.24, 2.45) is 0 Å². The smallest absolute Gasteiger partial charge is 0.224 e. The Labute approximate surface area is 105 Å². The topological polar surface area (TPSA) is 75.4 Å². The first kappa shape index (κ1) is 12.6. The molecule has 1 aromatic carbocycles. The minimum absolute atomic E-state index is 0.0528. The van der Waals surface area contributed by atoms with Gasteiger partial charge in [-0.25, -0.2) is 4.98 Å². The summed E-state index contributed by atoms with van der Waals surface area (Å²) in [6.45, 7) is 1.91. The first-order valence-corrected chi connectivity index (χ1v) is 5.97. The Morgan fingerprint density at radius 2 is 2.28 bits per heavy atom. The minimum Gasteiger partial charge on any atom is -0.441 e. The van der Waals surface area contributed by atoms with Gasteiger partial charge in [0.15, 0.2) is 11.5 Å². The molecular formula is C13H16N2O3. The largest absolute Gasteiger partial charge is 0.441 e. The molecule has 2 aromatic rings. The molecule has 2 rings (SSSR count). The standard InChI is InChI=1S/C13H16N2O3/c1-9-14-11-8-10(5-6-12(11)18-9)15-13(17)4-2-3-7-16/h5-6,8,16H,2-4,7H2,1H3,(H,15,17). The predicted octanol–water partition coefficient (Wildman–Crippen LogP) is 2.24. The Morgan fingerprint density at radius 1 is 1.44 bits per heavy atom. The van der Waals surface area contributed by atoms with Gasteiger partial charge in [-0.15, -0.1) is 0 Å². The normalized spacial score (nSPS) is 10.8. The van der Waals surface area contributed by atoms with E-state index in [1.54, 1.807) is 25.1 Å². The molecule has 0 fully saturated rings. The summed E-state index contributed by atoms with van der Waals surface area (Å²) in [5.41, 5.74) is 2.16. The molecule has 1 heterocycles. The van der Waals surface area contributed by atoms with Gasteiger partial charge in [0.25, 0.3) is 0 Å². The number of unbranched alkanes of at least 4 members (excludes halogenated alkanes) is 1. The fraction of sp³-hybridized carbons (Fsp3) is 0.385. The van der Waals surface area contributed by atoms with Crippen molar-refractivity contribution < 1.29 is 14.3 Å². The second-order valence-corrected chi connectivity index (χ2v) is 4.14. The summed E-state index contributed by atoms with van der Waals surface area (Å²) in [4.78, 5) is 15.8. The molecule has 18 heavy (non-hydrogen) atoms. The highest BCUT2D eigenvalue weighted by atomic mass is 16.3. The number of aromatic nitrogens is 1. The second-order valence-electron chi connectivity index (χ2n) is 4.14. The predicted molar refractivity (Wildman–Crippen MR) is 68.3 cm³/mol. The number of hydrogen-bond acceptors (Lipinski definition) is 4. The molecule has 0 bridgehead atoms. The Morgan fingerprint density at radius 3 is 3.06 bits per heavy atom. The summed E-state index contributed by atoms with van der Waals surface area (Å²) in [6.07, 6.45) is 1.75.